The zero-order valence-corrected chi connectivity index (χ0v) is 12.0. The number of aromatic nitrogens is 1. The predicted octanol–water partition coefficient (Wildman–Crippen LogP) is 4.61. The number of nitrogens with zero attached hydrogens (tertiary/aromatic N) is 2. The molecule has 0 aliphatic rings. The van der Waals surface area contributed by atoms with Gasteiger partial charge in [0.25, 0.3) is 0 Å². The van der Waals surface area contributed by atoms with E-state index in [0.29, 0.717) is 16.2 Å². The summed E-state index contributed by atoms with van der Waals surface area (Å²) in [7, 11) is 0. The minimum Gasteiger partial charge on any atom is -0.278 e. The van der Waals surface area contributed by atoms with Crippen LogP contribution in [-0.4, -0.2) is 11.2 Å². The van der Waals surface area contributed by atoms with Gasteiger partial charge in [-0.3, -0.25) is 10.4 Å². The van der Waals surface area contributed by atoms with E-state index in [1.54, 1.807) is 30.5 Å². The summed E-state index contributed by atoms with van der Waals surface area (Å²) in [4.78, 5) is 4.20. The molecule has 0 saturated heterocycles. The van der Waals surface area contributed by atoms with Crippen LogP contribution in [0.4, 0.5) is 14.5 Å². The first kappa shape index (κ1) is 14.4. The third-order valence-electron chi connectivity index (χ3n) is 3.08. The Morgan fingerprint density at radius 1 is 1.09 bits per heavy atom. The van der Waals surface area contributed by atoms with Crippen molar-refractivity contribution in [2.45, 2.75) is 0 Å². The summed E-state index contributed by atoms with van der Waals surface area (Å²) in [6.07, 6.45) is 2.70. The average molecular weight is 318 g/mol. The standard InChI is InChI=1S/C16H10ClF2N3/c17-10-4-5-11-15(6-7-20-16(11)8-10)22-21-9-12-13(18)2-1-3-14(12)19/h1-9H,(H,20,22)/b21-9+. The first-order valence-corrected chi connectivity index (χ1v) is 6.80. The van der Waals surface area contributed by atoms with Crippen molar-refractivity contribution in [2.75, 3.05) is 5.43 Å². The second kappa shape index (κ2) is 6.07. The van der Waals surface area contributed by atoms with Crippen LogP contribution in [0.1, 0.15) is 5.56 Å². The molecule has 6 heteroatoms. The zero-order valence-electron chi connectivity index (χ0n) is 11.2. The van der Waals surface area contributed by atoms with Crippen LogP contribution in [0.5, 0.6) is 0 Å². The number of fused-ring (bicyclic) bond motifs is 1. The third-order valence-corrected chi connectivity index (χ3v) is 3.32. The quantitative estimate of drug-likeness (QED) is 0.565. The summed E-state index contributed by atoms with van der Waals surface area (Å²) < 4.78 is 27.0. The summed E-state index contributed by atoms with van der Waals surface area (Å²) >= 11 is 5.92. The Morgan fingerprint density at radius 2 is 1.86 bits per heavy atom. The summed E-state index contributed by atoms with van der Waals surface area (Å²) in [5.74, 6) is -1.34. The molecule has 2 aromatic carbocycles. The summed E-state index contributed by atoms with van der Waals surface area (Å²) in [5, 5.41) is 5.27. The molecular formula is C16H10ClF2N3. The van der Waals surface area contributed by atoms with Gasteiger partial charge >= 0.3 is 0 Å². The van der Waals surface area contributed by atoms with E-state index in [9.17, 15) is 8.78 Å². The minimum atomic E-state index is -0.670. The summed E-state index contributed by atoms with van der Waals surface area (Å²) in [6, 6.07) is 10.6. The molecule has 1 aromatic heterocycles. The highest BCUT2D eigenvalue weighted by Crippen LogP contribution is 2.24. The molecular weight excluding hydrogens is 308 g/mol. The first-order chi connectivity index (χ1) is 10.6. The predicted molar refractivity (Wildman–Crippen MR) is 84.3 cm³/mol. The number of hydrogen-bond donors (Lipinski definition) is 1. The lowest BCUT2D eigenvalue weighted by Crippen LogP contribution is -1.97. The van der Waals surface area contributed by atoms with Gasteiger partial charge in [-0.2, -0.15) is 5.10 Å². The van der Waals surface area contributed by atoms with Crippen molar-refractivity contribution in [3.63, 3.8) is 0 Å². The fourth-order valence-corrected chi connectivity index (χ4v) is 2.19. The van der Waals surface area contributed by atoms with Crippen molar-refractivity contribution >= 4 is 34.4 Å². The first-order valence-electron chi connectivity index (χ1n) is 6.42. The van der Waals surface area contributed by atoms with Crippen LogP contribution in [-0.2, 0) is 0 Å². The molecule has 0 unspecified atom stereocenters. The van der Waals surface area contributed by atoms with Crippen LogP contribution in [0.25, 0.3) is 10.9 Å². The highest BCUT2D eigenvalue weighted by Gasteiger charge is 2.05. The molecule has 0 radical (unpaired) electrons. The van der Waals surface area contributed by atoms with Crippen molar-refractivity contribution in [3.8, 4) is 0 Å². The van der Waals surface area contributed by atoms with Gasteiger partial charge in [0.05, 0.1) is 23.0 Å². The van der Waals surface area contributed by atoms with Gasteiger partial charge in [0.2, 0.25) is 0 Å². The molecule has 0 amide bonds. The normalized spacial score (nSPS) is 11.2. The fourth-order valence-electron chi connectivity index (χ4n) is 2.02. The van der Waals surface area contributed by atoms with Crippen LogP contribution in [0.15, 0.2) is 53.8 Å². The van der Waals surface area contributed by atoms with Crippen LogP contribution in [0, 0.1) is 11.6 Å². The maximum Gasteiger partial charge on any atom is 0.134 e. The molecule has 1 N–H and O–H groups in total. The van der Waals surface area contributed by atoms with Gasteiger partial charge in [0.1, 0.15) is 11.6 Å². The molecule has 3 nitrogen and oxygen atoms in total. The molecule has 0 atom stereocenters. The third kappa shape index (κ3) is 2.89. The highest BCUT2D eigenvalue weighted by atomic mass is 35.5. The topological polar surface area (TPSA) is 37.3 Å². The van der Waals surface area contributed by atoms with Gasteiger partial charge in [0.15, 0.2) is 0 Å². The van der Waals surface area contributed by atoms with Crippen molar-refractivity contribution in [1.82, 2.24) is 4.98 Å². The van der Waals surface area contributed by atoms with Gasteiger partial charge in [-0.25, -0.2) is 8.78 Å². The van der Waals surface area contributed by atoms with E-state index in [1.807, 2.05) is 0 Å². The molecule has 1 heterocycles. The van der Waals surface area contributed by atoms with E-state index in [-0.39, 0.29) is 5.56 Å². The Bertz CT molecular complexity index is 845. The van der Waals surface area contributed by atoms with E-state index in [1.165, 1.54) is 18.2 Å². The molecule has 0 saturated carbocycles. The number of rotatable bonds is 3. The van der Waals surface area contributed by atoms with Crippen LogP contribution >= 0.6 is 11.6 Å². The van der Waals surface area contributed by atoms with Gasteiger partial charge in [-0.1, -0.05) is 17.7 Å². The Balaban J connectivity index is 1.90. The summed E-state index contributed by atoms with van der Waals surface area (Å²) in [6.45, 7) is 0. The SMILES string of the molecule is Fc1cccc(F)c1/C=N/Nc1ccnc2cc(Cl)ccc12. The largest absolute Gasteiger partial charge is 0.278 e. The second-order valence-corrected chi connectivity index (χ2v) is 4.96. The molecule has 3 rings (SSSR count). The Hall–Kier alpha value is -2.53. The van der Waals surface area contributed by atoms with Crippen LogP contribution in [0.3, 0.4) is 0 Å². The molecule has 3 aromatic rings. The van der Waals surface area contributed by atoms with Crippen LogP contribution < -0.4 is 5.43 Å². The number of hydrogen-bond acceptors (Lipinski definition) is 3. The Kier molecular flexibility index (Phi) is 3.98. The maximum absolute atomic E-state index is 13.5. The van der Waals surface area contributed by atoms with Crippen molar-refractivity contribution in [2.24, 2.45) is 5.10 Å². The molecule has 0 spiro atoms. The van der Waals surface area contributed by atoms with E-state index in [4.69, 9.17) is 11.6 Å². The fraction of sp³-hybridized carbons (Fsp3) is 0. The molecule has 0 bridgehead atoms. The van der Waals surface area contributed by atoms with Crippen molar-refractivity contribution in [3.05, 3.63) is 70.9 Å². The maximum atomic E-state index is 13.5. The number of pyridine rings is 1. The number of nitrogens with one attached hydrogen (secondary N) is 1. The minimum absolute atomic E-state index is 0.198. The van der Waals surface area contributed by atoms with E-state index in [2.05, 4.69) is 15.5 Å². The van der Waals surface area contributed by atoms with Gasteiger partial charge < -0.3 is 0 Å². The van der Waals surface area contributed by atoms with Crippen molar-refractivity contribution < 1.29 is 8.78 Å². The number of anilines is 1. The van der Waals surface area contributed by atoms with Gasteiger partial charge in [0, 0.05) is 16.6 Å². The molecule has 0 aliphatic heterocycles. The second-order valence-electron chi connectivity index (χ2n) is 4.53. The van der Waals surface area contributed by atoms with Gasteiger partial charge in [-0.05, 0) is 36.4 Å². The average Bonchev–Trinajstić information content (AvgIpc) is 2.50. The lowest BCUT2D eigenvalue weighted by Gasteiger charge is -2.05. The number of halogens is 3. The van der Waals surface area contributed by atoms with Crippen LogP contribution in [0.2, 0.25) is 5.02 Å². The summed E-state index contributed by atoms with van der Waals surface area (Å²) in [5.41, 5.74) is 3.93. The van der Waals surface area contributed by atoms with E-state index >= 15 is 0 Å². The number of hydrazone groups is 1. The Morgan fingerprint density at radius 3 is 2.64 bits per heavy atom. The lowest BCUT2D eigenvalue weighted by molar-refractivity contribution is 0.580. The van der Waals surface area contributed by atoms with Gasteiger partial charge in [-0.15, -0.1) is 0 Å². The van der Waals surface area contributed by atoms with E-state index in [0.717, 1.165) is 11.6 Å². The molecule has 22 heavy (non-hydrogen) atoms. The number of benzene rings is 2. The molecule has 110 valence electrons. The monoisotopic (exact) mass is 317 g/mol. The highest BCUT2D eigenvalue weighted by molar-refractivity contribution is 6.31. The molecule has 0 fully saturated rings. The Labute approximate surface area is 130 Å². The smallest absolute Gasteiger partial charge is 0.134 e. The lowest BCUT2D eigenvalue weighted by atomic mass is 10.2. The van der Waals surface area contributed by atoms with Crippen molar-refractivity contribution in [1.29, 1.82) is 0 Å². The zero-order chi connectivity index (χ0) is 15.5. The van der Waals surface area contributed by atoms with E-state index < -0.39 is 11.6 Å². The molecule has 0 aliphatic carbocycles.